The van der Waals surface area contributed by atoms with Gasteiger partial charge in [0.15, 0.2) is 0 Å². The van der Waals surface area contributed by atoms with Gasteiger partial charge in [0.25, 0.3) is 0 Å². The Kier molecular flexibility index (Phi) is 2.29. The molecule has 4 heterocycles. The molecule has 6 nitrogen and oxygen atoms in total. The molecule has 20 heavy (non-hydrogen) atoms. The van der Waals surface area contributed by atoms with Crippen molar-refractivity contribution in [1.82, 2.24) is 15.0 Å². The maximum absolute atomic E-state index is 5.87. The average molecular weight is 264 g/mol. The minimum absolute atomic E-state index is 0.268. The molecule has 4 rings (SSSR count). The quantitative estimate of drug-likeness (QED) is 0.841. The first-order valence-corrected chi connectivity index (χ1v) is 6.41. The Labute approximate surface area is 115 Å². The van der Waals surface area contributed by atoms with E-state index in [9.17, 15) is 0 Å². The summed E-state index contributed by atoms with van der Waals surface area (Å²) in [5.74, 6) is 2.03. The first-order valence-electron chi connectivity index (χ1n) is 6.41. The zero-order chi connectivity index (χ0) is 13.5. The molecule has 0 atom stereocenters. The molecule has 0 amide bonds. The van der Waals surface area contributed by atoms with Gasteiger partial charge in [0.05, 0.1) is 12.2 Å². The second-order valence-corrected chi connectivity index (χ2v) is 4.63. The van der Waals surface area contributed by atoms with Gasteiger partial charge in [0.1, 0.15) is 11.7 Å². The monoisotopic (exact) mass is 264 g/mol. The second-order valence-electron chi connectivity index (χ2n) is 4.63. The van der Waals surface area contributed by atoms with Gasteiger partial charge in [0, 0.05) is 30.1 Å². The molecule has 0 fully saturated rings. The lowest BCUT2D eigenvalue weighted by atomic mass is 10.0. The fraction of sp³-hybridized carbons (Fsp3) is 0.143. The largest absolute Gasteiger partial charge is 0.368 e. The molecule has 0 saturated carbocycles. The second kappa shape index (κ2) is 4.12. The number of pyridine rings is 1. The molecule has 0 radical (unpaired) electrons. The lowest BCUT2D eigenvalue weighted by Gasteiger charge is -2.24. The standard InChI is InChI=1S/C14H12N6/c15-14-18-12(9-2-1-5-16-8-9)10-3-4-11-17-6-7-20(11)13(10)19-14/h1-5,8H,6-7H2,(H2,15,18,19). The average Bonchev–Trinajstić information content (AvgIpc) is 2.96. The van der Waals surface area contributed by atoms with Gasteiger partial charge < -0.3 is 10.6 Å². The van der Waals surface area contributed by atoms with Gasteiger partial charge in [-0.3, -0.25) is 9.98 Å². The molecule has 98 valence electrons. The fourth-order valence-electron chi connectivity index (χ4n) is 2.54. The topological polar surface area (TPSA) is 80.3 Å². The van der Waals surface area contributed by atoms with Crippen LogP contribution < -0.4 is 10.6 Å². The van der Waals surface area contributed by atoms with E-state index in [1.165, 1.54) is 0 Å². The molecule has 2 N–H and O–H groups in total. The molecular weight excluding hydrogens is 252 g/mol. The van der Waals surface area contributed by atoms with E-state index in [2.05, 4.69) is 24.8 Å². The SMILES string of the molecule is Nc1nc(-c2cccnc2)c2c(n1)N1CCN=C1C=C2. The first kappa shape index (κ1) is 11.1. The number of aromatic nitrogens is 3. The van der Waals surface area contributed by atoms with Crippen molar-refractivity contribution >= 4 is 23.7 Å². The van der Waals surface area contributed by atoms with Gasteiger partial charge >= 0.3 is 0 Å². The van der Waals surface area contributed by atoms with Crippen molar-refractivity contribution in [3.63, 3.8) is 0 Å². The highest BCUT2D eigenvalue weighted by Gasteiger charge is 2.26. The molecule has 0 saturated heterocycles. The van der Waals surface area contributed by atoms with Crippen molar-refractivity contribution in [2.45, 2.75) is 0 Å². The third kappa shape index (κ3) is 1.58. The number of amidine groups is 1. The van der Waals surface area contributed by atoms with E-state index in [0.29, 0.717) is 0 Å². The van der Waals surface area contributed by atoms with Gasteiger partial charge in [-0.15, -0.1) is 0 Å². The van der Waals surface area contributed by atoms with Crippen molar-refractivity contribution in [2.24, 2.45) is 4.99 Å². The summed E-state index contributed by atoms with van der Waals surface area (Å²) in [5, 5.41) is 0. The maximum atomic E-state index is 5.87. The number of nitrogens with zero attached hydrogens (tertiary/aromatic N) is 5. The van der Waals surface area contributed by atoms with Crippen LogP contribution in [-0.2, 0) is 0 Å². The third-order valence-corrected chi connectivity index (χ3v) is 3.41. The summed E-state index contributed by atoms with van der Waals surface area (Å²) in [6.07, 6.45) is 7.51. The summed E-state index contributed by atoms with van der Waals surface area (Å²) >= 11 is 0. The van der Waals surface area contributed by atoms with Crippen LogP contribution in [0.15, 0.2) is 35.6 Å². The van der Waals surface area contributed by atoms with E-state index in [1.807, 2.05) is 24.3 Å². The highest BCUT2D eigenvalue weighted by atomic mass is 15.3. The molecule has 0 spiro atoms. The fourth-order valence-corrected chi connectivity index (χ4v) is 2.54. The van der Waals surface area contributed by atoms with E-state index < -0.39 is 0 Å². The van der Waals surface area contributed by atoms with Gasteiger partial charge in [0.2, 0.25) is 5.95 Å². The number of fused-ring (bicyclic) bond motifs is 3. The van der Waals surface area contributed by atoms with E-state index in [4.69, 9.17) is 5.73 Å². The summed E-state index contributed by atoms with van der Waals surface area (Å²) in [5.41, 5.74) is 8.58. The predicted octanol–water partition coefficient (Wildman–Crippen LogP) is 1.37. The van der Waals surface area contributed by atoms with Crippen LogP contribution in [-0.4, -0.2) is 33.9 Å². The van der Waals surface area contributed by atoms with E-state index >= 15 is 0 Å². The smallest absolute Gasteiger partial charge is 0.222 e. The molecule has 0 aromatic carbocycles. The van der Waals surface area contributed by atoms with Crippen LogP contribution in [0, 0.1) is 0 Å². The minimum atomic E-state index is 0.268. The van der Waals surface area contributed by atoms with Crippen molar-refractivity contribution in [1.29, 1.82) is 0 Å². The van der Waals surface area contributed by atoms with Crippen molar-refractivity contribution in [3.8, 4) is 11.3 Å². The van der Waals surface area contributed by atoms with Gasteiger partial charge in [-0.1, -0.05) is 0 Å². The number of aliphatic imine (C=N–C) groups is 1. The van der Waals surface area contributed by atoms with Crippen LogP contribution >= 0.6 is 0 Å². The van der Waals surface area contributed by atoms with Crippen LogP contribution in [0.1, 0.15) is 5.56 Å². The number of rotatable bonds is 1. The highest BCUT2D eigenvalue weighted by Crippen LogP contribution is 2.34. The first-order chi connectivity index (χ1) is 9.83. The van der Waals surface area contributed by atoms with E-state index in [1.54, 1.807) is 12.4 Å². The molecule has 2 aliphatic heterocycles. The van der Waals surface area contributed by atoms with E-state index in [-0.39, 0.29) is 5.95 Å². The van der Waals surface area contributed by atoms with Crippen LogP contribution in [0.3, 0.4) is 0 Å². The zero-order valence-corrected chi connectivity index (χ0v) is 10.7. The normalized spacial score (nSPS) is 15.8. The highest BCUT2D eigenvalue weighted by molar-refractivity contribution is 6.13. The summed E-state index contributed by atoms with van der Waals surface area (Å²) in [6.45, 7) is 1.61. The van der Waals surface area contributed by atoms with Crippen LogP contribution in [0.25, 0.3) is 17.3 Å². The molecule has 0 aliphatic carbocycles. The Morgan fingerprint density at radius 1 is 1.20 bits per heavy atom. The number of hydrogen-bond donors (Lipinski definition) is 1. The summed E-state index contributed by atoms with van der Waals surface area (Å²) in [7, 11) is 0. The Bertz CT molecular complexity index is 735. The Balaban J connectivity index is 1.96. The third-order valence-electron chi connectivity index (χ3n) is 3.41. The molecule has 2 aliphatic rings. The van der Waals surface area contributed by atoms with Crippen LogP contribution in [0.4, 0.5) is 11.8 Å². The summed E-state index contributed by atoms with van der Waals surface area (Å²) in [6, 6.07) is 3.85. The van der Waals surface area contributed by atoms with Gasteiger partial charge in [-0.05, 0) is 24.3 Å². The Hall–Kier alpha value is -2.76. The Morgan fingerprint density at radius 3 is 3.00 bits per heavy atom. The van der Waals surface area contributed by atoms with E-state index in [0.717, 1.165) is 41.6 Å². The molecule has 0 bridgehead atoms. The maximum Gasteiger partial charge on any atom is 0.222 e. The van der Waals surface area contributed by atoms with Crippen molar-refractivity contribution in [2.75, 3.05) is 23.7 Å². The molecule has 6 heteroatoms. The molecule has 0 unspecified atom stereocenters. The molecule has 2 aromatic heterocycles. The Morgan fingerprint density at radius 2 is 2.15 bits per heavy atom. The number of nitrogens with two attached hydrogens (primary N) is 1. The predicted molar refractivity (Wildman–Crippen MR) is 78.4 cm³/mol. The van der Waals surface area contributed by atoms with Crippen LogP contribution in [0.5, 0.6) is 0 Å². The summed E-state index contributed by atoms with van der Waals surface area (Å²) < 4.78 is 0. The van der Waals surface area contributed by atoms with Crippen molar-refractivity contribution < 1.29 is 0 Å². The van der Waals surface area contributed by atoms with Crippen LogP contribution in [0.2, 0.25) is 0 Å². The number of nitrogen functional groups attached to an aromatic ring is 1. The summed E-state index contributed by atoms with van der Waals surface area (Å²) in [4.78, 5) is 19.4. The zero-order valence-electron chi connectivity index (χ0n) is 10.7. The lowest BCUT2D eigenvalue weighted by Crippen LogP contribution is -2.30. The van der Waals surface area contributed by atoms with Gasteiger partial charge in [-0.25, -0.2) is 4.98 Å². The van der Waals surface area contributed by atoms with Crippen molar-refractivity contribution in [3.05, 3.63) is 36.2 Å². The molecule has 2 aromatic rings. The number of hydrogen-bond acceptors (Lipinski definition) is 6. The van der Waals surface area contributed by atoms with Gasteiger partial charge in [-0.2, -0.15) is 4.98 Å². The molecular formula is C14H12N6. The lowest BCUT2D eigenvalue weighted by molar-refractivity contribution is 0.989. The number of anilines is 2. The minimum Gasteiger partial charge on any atom is -0.368 e.